The van der Waals surface area contributed by atoms with Gasteiger partial charge in [-0.25, -0.2) is 9.67 Å². The van der Waals surface area contributed by atoms with Crippen molar-refractivity contribution in [3.05, 3.63) is 30.7 Å². The molecule has 3 heterocycles. The first-order valence-corrected chi connectivity index (χ1v) is 6.67. The zero-order valence-electron chi connectivity index (χ0n) is 11.2. The van der Waals surface area contributed by atoms with E-state index in [1.807, 2.05) is 23.0 Å². The first-order valence-electron chi connectivity index (χ1n) is 6.67. The van der Waals surface area contributed by atoms with Gasteiger partial charge < -0.3 is 4.98 Å². The lowest BCUT2D eigenvalue weighted by atomic mass is 10.2. The van der Waals surface area contributed by atoms with Crippen LogP contribution in [0.4, 0.5) is 0 Å². The highest BCUT2D eigenvalue weighted by atomic mass is 15.3. The van der Waals surface area contributed by atoms with Crippen molar-refractivity contribution in [2.45, 2.75) is 32.7 Å². The molecule has 0 aliphatic rings. The van der Waals surface area contributed by atoms with Crippen molar-refractivity contribution >= 4 is 11.2 Å². The lowest BCUT2D eigenvalue weighted by molar-refractivity contribution is 0.439. The molecule has 0 bridgehead atoms. The Morgan fingerprint density at radius 2 is 1.95 bits per heavy atom. The van der Waals surface area contributed by atoms with E-state index in [2.05, 4.69) is 33.9 Å². The van der Waals surface area contributed by atoms with Gasteiger partial charge in [0.25, 0.3) is 0 Å². The predicted octanol–water partition coefficient (Wildman–Crippen LogP) is 3.18. The van der Waals surface area contributed by atoms with Crippen LogP contribution in [0, 0.1) is 0 Å². The summed E-state index contributed by atoms with van der Waals surface area (Å²) in [6.07, 6.45) is 7.52. The number of nitrogens with zero attached hydrogens (tertiary/aromatic N) is 4. The molecular formula is C14H17N5. The average molecular weight is 255 g/mol. The van der Waals surface area contributed by atoms with E-state index in [4.69, 9.17) is 0 Å². The maximum Gasteiger partial charge on any atom is 0.177 e. The molecule has 0 fully saturated rings. The molecule has 98 valence electrons. The van der Waals surface area contributed by atoms with Crippen LogP contribution in [0.15, 0.2) is 30.7 Å². The minimum atomic E-state index is 0.408. The predicted molar refractivity (Wildman–Crippen MR) is 74.7 cm³/mol. The lowest BCUT2D eigenvalue weighted by Gasteiger charge is -2.12. The highest BCUT2D eigenvalue weighted by Gasteiger charge is 2.15. The Morgan fingerprint density at radius 1 is 1.21 bits per heavy atom. The van der Waals surface area contributed by atoms with E-state index in [-0.39, 0.29) is 0 Å². The summed E-state index contributed by atoms with van der Waals surface area (Å²) >= 11 is 0. The molecule has 0 aromatic carbocycles. The molecule has 3 rings (SSSR count). The number of pyridine rings is 1. The first-order chi connectivity index (χ1) is 9.33. The second-order valence-corrected chi connectivity index (χ2v) is 4.62. The van der Waals surface area contributed by atoms with Crippen molar-refractivity contribution in [1.29, 1.82) is 0 Å². The summed E-state index contributed by atoms with van der Waals surface area (Å²) in [5, 5.41) is 4.44. The molecule has 3 aromatic rings. The topological polar surface area (TPSA) is 59.4 Å². The van der Waals surface area contributed by atoms with Crippen molar-refractivity contribution < 1.29 is 0 Å². The second kappa shape index (κ2) is 4.84. The van der Waals surface area contributed by atoms with Crippen molar-refractivity contribution in [2.24, 2.45) is 0 Å². The van der Waals surface area contributed by atoms with Crippen LogP contribution in [0.1, 0.15) is 32.7 Å². The van der Waals surface area contributed by atoms with Gasteiger partial charge in [0.2, 0.25) is 0 Å². The summed E-state index contributed by atoms with van der Waals surface area (Å²) in [5.41, 5.74) is 2.96. The molecular weight excluding hydrogens is 238 g/mol. The molecule has 5 nitrogen and oxygen atoms in total. The largest absolute Gasteiger partial charge is 0.335 e. The molecule has 19 heavy (non-hydrogen) atoms. The zero-order valence-corrected chi connectivity index (χ0v) is 11.2. The van der Waals surface area contributed by atoms with Crippen molar-refractivity contribution in [2.75, 3.05) is 0 Å². The molecule has 0 saturated carbocycles. The molecule has 0 unspecified atom stereocenters. The number of hydrogen-bond acceptors (Lipinski definition) is 3. The third kappa shape index (κ3) is 2.01. The molecule has 3 aromatic heterocycles. The van der Waals surface area contributed by atoms with Crippen LogP contribution in [0.2, 0.25) is 0 Å². The third-order valence-electron chi connectivity index (χ3n) is 3.48. The molecule has 0 amide bonds. The molecule has 0 radical (unpaired) electrons. The van der Waals surface area contributed by atoms with E-state index in [0.29, 0.717) is 6.04 Å². The van der Waals surface area contributed by atoms with Gasteiger partial charge in [-0.2, -0.15) is 5.10 Å². The SMILES string of the molecule is CCC(CC)n1ncc2[nH]c(-c3ccncc3)nc21. The number of nitrogens with one attached hydrogen (secondary N) is 1. The smallest absolute Gasteiger partial charge is 0.177 e. The minimum absolute atomic E-state index is 0.408. The van der Waals surface area contributed by atoms with Crippen LogP contribution in [-0.2, 0) is 0 Å². The summed E-state index contributed by atoms with van der Waals surface area (Å²) in [5.74, 6) is 0.870. The standard InChI is InChI=1S/C14H17N5/c1-3-11(4-2)19-14-12(9-16-19)17-13(18-14)10-5-7-15-8-6-10/h5-9,11H,3-4H2,1-2H3,(H,17,18). The summed E-state index contributed by atoms with van der Waals surface area (Å²) in [4.78, 5) is 12.0. The van der Waals surface area contributed by atoms with Crippen LogP contribution >= 0.6 is 0 Å². The Labute approximate surface area is 111 Å². The van der Waals surface area contributed by atoms with Gasteiger partial charge in [0.1, 0.15) is 11.3 Å². The van der Waals surface area contributed by atoms with Crippen molar-refractivity contribution in [1.82, 2.24) is 24.7 Å². The molecule has 5 heteroatoms. The van der Waals surface area contributed by atoms with Gasteiger partial charge in [0.05, 0.1) is 12.2 Å². The molecule has 0 aliphatic carbocycles. The van der Waals surface area contributed by atoms with Gasteiger partial charge in [-0.15, -0.1) is 0 Å². The summed E-state index contributed by atoms with van der Waals surface area (Å²) < 4.78 is 2.02. The molecule has 1 N–H and O–H groups in total. The number of fused-ring (bicyclic) bond motifs is 1. The number of aromatic amines is 1. The molecule has 0 aliphatic heterocycles. The Kier molecular flexibility index (Phi) is 3.03. The van der Waals surface area contributed by atoms with Gasteiger partial charge in [0.15, 0.2) is 5.65 Å². The number of rotatable bonds is 4. The first kappa shape index (κ1) is 11.9. The number of imidazole rings is 1. The van der Waals surface area contributed by atoms with Crippen LogP contribution in [0.5, 0.6) is 0 Å². The Bertz CT molecular complexity index is 664. The van der Waals surface area contributed by atoms with E-state index >= 15 is 0 Å². The normalized spacial score (nSPS) is 11.5. The van der Waals surface area contributed by atoms with Gasteiger partial charge in [-0.3, -0.25) is 4.98 Å². The third-order valence-corrected chi connectivity index (χ3v) is 3.48. The quantitative estimate of drug-likeness (QED) is 0.779. The highest BCUT2D eigenvalue weighted by Crippen LogP contribution is 2.24. The Hall–Kier alpha value is -2.17. The molecule has 0 atom stereocenters. The molecule has 0 spiro atoms. The fourth-order valence-electron chi connectivity index (χ4n) is 2.37. The fourth-order valence-corrected chi connectivity index (χ4v) is 2.37. The van der Waals surface area contributed by atoms with Gasteiger partial charge >= 0.3 is 0 Å². The minimum Gasteiger partial charge on any atom is -0.335 e. The van der Waals surface area contributed by atoms with E-state index in [1.165, 1.54) is 0 Å². The highest BCUT2D eigenvalue weighted by molar-refractivity contribution is 5.75. The number of aromatic nitrogens is 5. The van der Waals surface area contributed by atoms with E-state index < -0.39 is 0 Å². The monoisotopic (exact) mass is 255 g/mol. The second-order valence-electron chi connectivity index (χ2n) is 4.62. The van der Waals surface area contributed by atoms with E-state index in [9.17, 15) is 0 Å². The van der Waals surface area contributed by atoms with Crippen LogP contribution < -0.4 is 0 Å². The summed E-state index contributed by atoms with van der Waals surface area (Å²) in [6.45, 7) is 4.36. The maximum absolute atomic E-state index is 4.68. The summed E-state index contributed by atoms with van der Waals surface area (Å²) in [7, 11) is 0. The van der Waals surface area contributed by atoms with Crippen LogP contribution in [0.3, 0.4) is 0 Å². The van der Waals surface area contributed by atoms with Crippen LogP contribution in [0.25, 0.3) is 22.6 Å². The van der Waals surface area contributed by atoms with Gasteiger partial charge in [-0.05, 0) is 25.0 Å². The Morgan fingerprint density at radius 3 is 2.63 bits per heavy atom. The zero-order chi connectivity index (χ0) is 13.2. The number of hydrogen-bond donors (Lipinski definition) is 1. The Balaban J connectivity index is 2.07. The van der Waals surface area contributed by atoms with E-state index in [1.54, 1.807) is 12.4 Å². The lowest BCUT2D eigenvalue weighted by Crippen LogP contribution is -2.08. The van der Waals surface area contributed by atoms with Crippen molar-refractivity contribution in [3.8, 4) is 11.4 Å². The van der Waals surface area contributed by atoms with Gasteiger partial charge in [-0.1, -0.05) is 13.8 Å². The average Bonchev–Trinajstić information content (AvgIpc) is 3.03. The van der Waals surface area contributed by atoms with E-state index in [0.717, 1.165) is 35.4 Å². The van der Waals surface area contributed by atoms with Crippen LogP contribution in [-0.4, -0.2) is 24.7 Å². The fraction of sp³-hybridized carbons (Fsp3) is 0.357. The summed E-state index contributed by atoms with van der Waals surface area (Å²) in [6, 6.07) is 4.31. The molecule has 0 saturated heterocycles. The number of H-pyrrole nitrogens is 1. The van der Waals surface area contributed by atoms with Gasteiger partial charge in [0, 0.05) is 18.0 Å². The van der Waals surface area contributed by atoms with Crippen molar-refractivity contribution in [3.63, 3.8) is 0 Å². The maximum atomic E-state index is 4.68.